The minimum atomic E-state index is 0.661. The molecular formula is C12H14O2. The van der Waals surface area contributed by atoms with Gasteiger partial charge >= 0.3 is 0 Å². The molecule has 0 unspecified atom stereocenters. The van der Waals surface area contributed by atoms with E-state index in [-0.39, 0.29) is 0 Å². The average Bonchev–Trinajstić information content (AvgIpc) is 2.66. The summed E-state index contributed by atoms with van der Waals surface area (Å²) in [6, 6.07) is 3.83. The Hall–Kier alpha value is -1.31. The number of carbonyl (C=O) groups excluding carboxylic acids is 1. The zero-order chi connectivity index (χ0) is 9.97. The molecule has 1 aromatic carbocycles. The minimum Gasteiger partial charge on any atom is -0.494 e. The molecule has 0 fully saturated rings. The Labute approximate surface area is 83.9 Å². The van der Waals surface area contributed by atoms with Gasteiger partial charge in [-0.2, -0.15) is 0 Å². The van der Waals surface area contributed by atoms with Gasteiger partial charge in [0.25, 0.3) is 0 Å². The van der Waals surface area contributed by atoms with Crippen molar-refractivity contribution in [1.82, 2.24) is 0 Å². The lowest BCUT2D eigenvalue weighted by Crippen LogP contribution is -1.98. The second kappa shape index (κ2) is 3.82. The van der Waals surface area contributed by atoms with Crippen LogP contribution in [0.1, 0.15) is 34.8 Å². The molecule has 2 nitrogen and oxygen atoms in total. The van der Waals surface area contributed by atoms with Crippen LogP contribution in [0.3, 0.4) is 0 Å². The van der Waals surface area contributed by atoms with Crippen molar-refractivity contribution in [3.05, 3.63) is 28.8 Å². The third kappa shape index (κ3) is 1.52. The van der Waals surface area contributed by atoms with E-state index >= 15 is 0 Å². The lowest BCUT2D eigenvalue weighted by Gasteiger charge is -2.09. The monoisotopic (exact) mass is 190 g/mol. The Bertz CT molecular complexity index is 356. The number of hydrogen-bond acceptors (Lipinski definition) is 2. The SMILES string of the molecule is CCOc1cc(C=O)cc2c1CCC2. The van der Waals surface area contributed by atoms with Gasteiger partial charge in [0.15, 0.2) is 0 Å². The third-order valence-corrected chi connectivity index (χ3v) is 2.63. The minimum absolute atomic E-state index is 0.661. The Balaban J connectivity index is 2.46. The molecule has 2 heteroatoms. The first-order valence-corrected chi connectivity index (χ1v) is 5.09. The topological polar surface area (TPSA) is 26.3 Å². The molecule has 0 aromatic heterocycles. The summed E-state index contributed by atoms with van der Waals surface area (Å²) in [6.07, 6.45) is 4.24. The Morgan fingerprint density at radius 2 is 2.29 bits per heavy atom. The molecule has 74 valence electrons. The van der Waals surface area contributed by atoms with Crippen molar-refractivity contribution < 1.29 is 9.53 Å². The number of fused-ring (bicyclic) bond motifs is 1. The van der Waals surface area contributed by atoms with Crippen LogP contribution in [0.15, 0.2) is 12.1 Å². The molecule has 0 amide bonds. The van der Waals surface area contributed by atoms with E-state index in [0.717, 1.165) is 30.4 Å². The number of ether oxygens (including phenoxy) is 1. The second-order valence-corrected chi connectivity index (χ2v) is 3.56. The van der Waals surface area contributed by atoms with Crippen molar-refractivity contribution in [1.29, 1.82) is 0 Å². The molecule has 1 aromatic rings. The van der Waals surface area contributed by atoms with Gasteiger partial charge in [-0.25, -0.2) is 0 Å². The first kappa shape index (κ1) is 9.25. The predicted octanol–water partition coefficient (Wildman–Crippen LogP) is 2.39. The van der Waals surface area contributed by atoms with E-state index in [1.165, 1.54) is 17.5 Å². The third-order valence-electron chi connectivity index (χ3n) is 2.63. The summed E-state index contributed by atoms with van der Waals surface area (Å²) in [5.74, 6) is 0.907. The van der Waals surface area contributed by atoms with Gasteiger partial charge in [-0.05, 0) is 49.4 Å². The predicted molar refractivity (Wildman–Crippen MR) is 55.0 cm³/mol. The van der Waals surface area contributed by atoms with Crippen LogP contribution in [0, 0.1) is 0 Å². The maximum Gasteiger partial charge on any atom is 0.150 e. The summed E-state index contributed by atoms with van der Waals surface area (Å²) in [7, 11) is 0. The summed E-state index contributed by atoms with van der Waals surface area (Å²) in [4.78, 5) is 10.7. The van der Waals surface area contributed by atoms with E-state index in [9.17, 15) is 4.79 Å². The van der Waals surface area contributed by atoms with Gasteiger partial charge in [0.1, 0.15) is 12.0 Å². The van der Waals surface area contributed by atoms with Crippen LogP contribution in [0.25, 0.3) is 0 Å². The first-order chi connectivity index (χ1) is 6.85. The van der Waals surface area contributed by atoms with E-state index in [0.29, 0.717) is 6.61 Å². The largest absolute Gasteiger partial charge is 0.494 e. The van der Waals surface area contributed by atoms with Crippen molar-refractivity contribution in [3.8, 4) is 5.75 Å². The fourth-order valence-electron chi connectivity index (χ4n) is 2.04. The van der Waals surface area contributed by atoms with Crippen molar-refractivity contribution in [2.45, 2.75) is 26.2 Å². The zero-order valence-electron chi connectivity index (χ0n) is 8.38. The van der Waals surface area contributed by atoms with E-state index in [1.54, 1.807) is 0 Å². The van der Waals surface area contributed by atoms with Crippen molar-refractivity contribution >= 4 is 6.29 Å². The summed E-state index contributed by atoms with van der Waals surface area (Å²) in [6.45, 7) is 2.63. The standard InChI is InChI=1S/C12H14O2/c1-2-14-12-7-9(8-13)6-10-4-3-5-11(10)12/h6-8H,2-5H2,1H3. The molecule has 0 heterocycles. The van der Waals surface area contributed by atoms with Crippen molar-refractivity contribution in [3.63, 3.8) is 0 Å². The normalized spacial score (nSPS) is 13.8. The molecule has 2 rings (SSSR count). The van der Waals surface area contributed by atoms with Gasteiger partial charge in [0.05, 0.1) is 6.61 Å². The Morgan fingerprint density at radius 1 is 1.43 bits per heavy atom. The van der Waals surface area contributed by atoms with Gasteiger partial charge in [-0.15, -0.1) is 0 Å². The number of aldehydes is 1. The average molecular weight is 190 g/mol. The number of rotatable bonds is 3. The summed E-state index contributed by atoms with van der Waals surface area (Å²) >= 11 is 0. The van der Waals surface area contributed by atoms with E-state index in [2.05, 4.69) is 0 Å². The highest BCUT2D eigenvalue weighted by atomic mass is 16.5. The van der Waals surface area contributed by atoms with Gasteiger partial charge in [0, 0.05) is 5.56 Å². The van der Waals surface area contributed by atoms with Gasteiger partial charge in [0.2, 0.25) is 0 Å². The summed E-state index contributed by atoms with van der Waals surface area (Å²) < 4.78 is 5.53. The van der Waals surface area contributed by atoms with Crippen LogP contribution >= 0.6 is 0 Å². The molecule has 0 saturated carbocycles. The van der Waals surface area contributed by atoms with Crippen LogP contribution < -0.4 is 4.74 Å². The molecule has 0 saturated heterocycles. The number of hydrogen-bond donors (Lipinski definition) is 0. The molecule has 0 spiro atoms. The lowest BCUT2D eigenvalue weighted by molar-refractivity contribution is 0.112. The molecule has 0 atom stereocenters. The molecule has 1 aliphatic carbocycles. The van der Waals surface area contributed by atoms with Crippen molar-refractivity contribution in [2.24, 2.45) is 0 Å². The number of carbonyl (C=O) groups is 1. The van der Waals surface area contributed by atoms with Crippen LogP contribution in [0.2, 0.25) is 0 Å². The van der Waals surface area contributed by atoms with E-state index in [1.807, 2.05) is 19.1 Å². The van der Waals surface area contributed by atoms with Crippen molar-refractivity contribution in [2.75, 3.05) is 6.61 Å². The molecule has 0 N–H and O–H groups in total. The molecule has 14 heavy (non-hydrogen) atoms. The smallest absolute Gasteiger partial charge is 0.150 e. The molecular weight excluding hydrogens is 176 g/mol. The number of aryl methyl sites for hydroxylation is 1. The molecule has 1 aliphatic rings. The highest BCUT2D eigenvalue weighted by molar-refractivity contribution is 5.77. The lowest BCUT2D eigenvalue weighted by atomic mass is 10.1. The maximum atomic E-state index is 10.7. The van der Waals surface area contributed by atoms with Gasteiger partial charge < -0.3 is 4.74 Å². The maximum absolute atomic E-state index is 10.7. The summed E-state index contributed by atoms with van der Waals surface area (Å²) in [5, 5.41) is 0. The summed E-state index contributed by atoms with van der Waals surface area (Å²) in [5.41, 5.74) is 3.32. The molecule has 0 radical (unpaired) electrons. The van der Waals surface area contributed by atoms with E-state index < -0.39 is 0 Å². The molecule has 0 bridgehead atoms. The Kier molecular flexibility index (Phi) is 2.53. The quantitative estimate of drug-likeness (QED) is 0.684. The van der Waals surface area contributed by atoms with Crippen LogP contribution in [0.5, 0.6) is 5.75 Å². The van der Waals surface area contributed by atoms with Crippen LogP contribution in [-0.4, -0.2) is 12.9 Å². The van der Waals surface area contributed by atoms with Gasteiger partial charge in [-0.1, -0.05) is 0 Å². The highest BCUT2D eigenvalue weighted by Gasteiger charge is 2.16. The van der Waals surface area contributed by atoms with Gasteiger partial charge in [-0.3, -0.25) is 4.79 Å². The first-order valence-electron chi connectivity index (χ1n) is 5.09. The second-order valence-electron chi connectivity index (χ2n) is 3.56. The van der Waals surface area contributed by atoms with Crippen LogP contribution in [-0.2, 0) is 12.8 Å². The zero-order valence-corrected chi connectivity index (χ0v) is 8.38. The fourth-order valence-corrected chi connectivity index (χ4v) is 2.04. The molecule has 0 aliphatic heterocycles. The highest BCUT2D eigenvalue weighted by Crippen LogP contribution is 2.31. The Morgan fingerprint density at radius 3 is 3.00 bits per heavy atom. The van der Waals surface area contributed by atoms with Crippen LogP contribution in [0.4, 0.5) is 0 Å². The van der Waals surface area contributed by atoms with E-state index in [4.69, 9.17) is 4.74 Å². The number of benzene rings is 1. The fraction of sp³-hybridized carbons (Fsp3) is 0.417.